The van der Waals surface area contributed by atoms with E-state index >= 15 is 0 Å². The van der Waals surface area contributed by atoms with Crippen LogP contribution in [0, 0.1) is 0 Å². The molecule has 3 aromatic carbocycles. The summed E-state index contributed by atoms with van der Waals surface area (Å²) >= 11 is 0. The maximum Gasteiger partial charge on any atom is 0.258 e. The van der Waals surface area contributed by atoms with Gasteiger partial charge in [-0.1, -0.05) is 56.3 Å². The van der Waals surface area contributed by atoms with Gasteiger partial charge in [0.1, 0.15) is 30.4 Å². The SMILES string of the molecule is CCC(C)N1C(=O)c2ccccc2NC1(CC)c1ccc(OCCOc2ccccc2)cc1. The third kappa shape index (κ3) is 4.54. The zero-order valence-corrected chi connectivity index (χ0v) is 19.6. The van der Waals surface area contributed by atoms with Crippen molar-refractivity contribution in [3.63, 3.8) is 0 Å². The zero-order chi connectivity index (χ0) is 23.3. The van der Waals surface area contributed by atoms with E-state index in [0.29, 0.717) is 13.2 Å². The number of hydrogen-bond acceptors (Lipinski definition) is 4. The molecule has 1 amide bonds. The molecule has 0 fully saturated rings. The van der Waals surface area contributed by atoms with Crippen LogP contribution in [-0.2, 0) is 5.66 Å². The van der Waals surface area contributed by atoms with E-state index in [9.17, 15) is 4.79 Å². The van der Waals surface area contributed by atoms with Crippen LogP contribution in [0.3, 0.4) is 0 Å². The number of nitrogens with one attached hydrogen (secondary N) is 1. The first-order valence-corrected chi connectivity index (χ1v) is 11.7. The highest BCUT2D eigenvalue weighted by molar-refractivity contribution is 6.02. The Morgan fingerprint density at radius 2 is 1.45 bits per heavy atom. The number of para-hydroxylation sites is 2. The second kappa shape index (κ2) is 9.99. The van der Waals surface area contributed by atoms with Gasteiger partial charge in [-0.15, -0.1) is 0 Å². The molecule has 0 bridgehead atoms. The number of rotatable bonds is 9. The predicted molar refractivity (Wildman–Crippen MR) is 132 cm³/mol. The van der Waals surface area contributed by atoms with Crippen LogP contribution in [0.2, 0.25) is 0 Å². The molecule has 33 heavy (non-hydrogen) atoms. The molecule has 5 nitrogen and oxygen atoms in total. The van der Waals surface area contributed by atoms with E-state index in [1.54, 1.807) is 0 Å². The van der Waals surface area contributed by atoms with Crippen molar-refractivity contribution in [3.05, 3.63) is 90.0 Å². The van der Waals surface area contributed by atoms with Crippen LogP contribution in [0.1, 0.15) is 49.5 Å². The average Bonchev–Trinajstić information content (AvgIpc) is 2.87. The number of amides is 1. The first kappa shape index (κ1) is 22.7. The number of anilines is 1. The van der Waals surface area contributed by atoms with Crippen molar-refractivity contribution < 1.29 is 14.3 Å². The van der Waals surface area contributed by atoms with Gasteiger partial charge in [-0.3, -0.25) is 4.79 Å². The van der Waals surface area contributed by atoms with Gasteiger partial charge in [0.25, 0.3) is 5.91 Å². The molecule has 2 unspecified atom stereocenters. The fourth-order valence-electron chi connectivity index (χ4n) is 4.46. The Morgan fingerprint density at radius 1 is 0.848 bits per heavy atom. The highest BCUT2D eigenvalue weighted by Gasteiger charge is 2.46. The molecule has 1 aliphatic heterocycles. The van der Waals surface area contributed by atoms with E-state index in [4.69, 9.17) is 9.47 Å². The van der Waals surface area contributed by atoms with Crippen LogP contribution in [0.15, 0.2) is 78.9 Å². The number of carbonyl (C=O) groups excluding carboxylic acids is 1. The van der Waals surface area contributed by atoms with Crippen LogP contribution in [0.5, 0.6) is 11.5 Å². The van der Waals surface area contributed by atoms with E-state index in [0.717, 1.165) is 41.2 Å². The monoisotopic (exact) mass is 444 g/mol. The maximum absolute atomic E-state index is 13.6. The van der Waals surface area contributed by atoms with Crippen molar-refractivity contribution >= 4 is 11.6 Å². The van der Waals surface area contributed by atoms with Gasteiger partial charge in [0.2, 0.25) is 0 Å². The summed E-state index contributed by atoms with van der Waals surface area (Å²) in [6.07, 6.45) is 1.61. The van der Waals surface area contributed by atoms with E-state index in [-0.39, 0.29) is 11.9 Å². The number of fused-ring (bicyclic) bond motifs is 1. The van der Waals surface area contributed by atoms with Crippen molar-refractivity contribution in [2.24, 2.45) is 0 Å². The first-order chi connectivity index (χ1) is 16.1. The summed E-state index contributed by atoms with van der Waals surface area (Å²) in [4.78, 5) is 15.6. The minimum absolute atomic E-state index is 0.0685. The molecular weight excluding hydrogens is 412 g/mol. The summed E-state index contributed by atoms with van der Waals surface area (Å²) in [5, 5.41) is 3.71. The Labute approximate surface area is 196 Å². The lowest BCUT2D eigenvalue weighted by molar-refractivity contribution is 0.0335. The normalized spacial score (nSPS) is 18.3. The van der Waals surface area contributed by atoms with Crippen LogP contribution in [-0.4, -0.2) is 30.1 Å². The molecule has 2 atom stereocenters. The number of ether oxygens (including phenoxy) is 2. The largest absolute Gasteiger partial charge is 0.490 e. The predicted octanol–water partition coefficient (Wildman–Crippen LogP) is 6.07. The fourth-order valence-corrected chi connectivity index (χ4v) is 4.46. The maximum atomic E-state index is 13.6. The number of carbonyl (C=O) groups is 1. The van der Waals surface area contributed by atoms with Crippen LogP contribution < -0.4 is 14.8 Å². The molecule has 0 radical (unpaired) electrons. The van der Waals surface area contributed by atoms with Crippen LogP contribution >= 0.6 is 0 Å². The fraction of sp³-hybridized carbons (Fsp3) is 0.321. The topological polar surface area (TPSA) is 50.8 Å². The lowest BCUT2D eigenvalue weighted by atomic mass is 9.88. The molecule has 1 N–H and O–H groups in total. The summed E-state index contributed by atoms with van der Waals surface area (Å²) in [6.45, 7) is 7.28. The van der Waals surface area contributed by atoms with Gasteiger partial charge in [0, 0.05) is 11.7 Å². The van der Waals surface area contributed by atoms with E-state index < -0.39 is 5.66 Å². The second-order valence-electron chi connectivity index (χ2n) is 8.35. The number of hydrogen-bond donors (Lipinski definition) is 1. The Hall–Kier alpha value is -3.47. The summed E-state index contributed by atoms with van der Waals surface area (Å²) in [5.74, 6) is 1.68. The highest BCUT2D eigenvalue weighted by Crippen LogP contribution is 2.42. The quantitative estimate of drug-likeness (QED) is 0.407. The van der Waals surface area contributed by atoms with Crippen molar-refractivity contribution in [2.75, 3.05) is 18.5 Å². The minimum Gasteiger partial charge on any atom is -0.490 e. The molecule has 5 heteroatoms. The lowest BCUT2D eigenvalue weighted by Crippen LogP contribution is -2.60. The van der Waals surface area contributed by atoms with E-state index in [1.165, 1.54) is 0 Å². The summed E-state index contributed by atoms with van der Waals surface area (Å²) in [5.41, 5.74) is 2.03. The van der Waals surface area contributed by atoms with E-state index in [1.807, 2.05) is 71.6 Å². The van der Waals surface area contributed by atoms with Gasteiger partial charge < -0.3 is 19.7 Å². The smallest absolute Gasteiger partial charge is 0.258 e. The molecule has 0 aromatic heterocycles. The average molecular weight is 445 g/mol. The standard InChI is InChI=1S/C28H32N2O3/c1-4-21(3)30-27(31)25-13-9-10-14-26(25)29-28(30,5-2)22-15-17-24(18-16-22)33-20-19-32-23-11-7-6-8-12-23/h6-18,21,29H,4-5,19-20H2,1-3H3. The van der Waals surface area contributed by atoms with Gasteiger partial charge in [-0.25, -0.2) is 0 Å². The van der Waals surface area contributed by atoms with Crippen molar-refractivity contribution in [3.8, 4) is 11.5 Å². The molecular formula is C28H32N2O3. The zero-order valence-electron chi connectivity index (χ0n) is 19.6. The van der Waals surface area contributed by atoms with Gasteiger partial charge >= 0.3 is 0 Å². The summed E-state index contributed by atoms with van der Waals surface area (Å²) < 4.78 is 11.6. The van der Waals surface area contributed by atoms with E-state index in [2.05, 4.69) is 38.2 Å². The third-order valence-corrected chi connectivity index (χ3v) is 6.37. The second-order valence-corrected chi connectivity index (χ2v) is 8.35. The summed E-state index contributed by atoms with van der Waals surface area (Å²) in [7, 11) is 0. The Kier molecular flexibility index (Phi) is 6.87. The Morgan fingerprint density at radius 3 is 2.09 bits per heavy atom. The summed E-state index contributed by atoms with van der Waals surface area (Å²) in [6, 6.07) is 25.6. The number of nitrogens with zero attached hydrogens (tertiary/aromatic N) is 1. The molecule has 4 rings (SSSR count). The first-order valence-electron chi connectivity index (χ1n) is 11.7. The molecule has 172 valence electrons. The third-order valence-electron chi connectivity index (χ3n) is 6.37. The molecule has 0 saturated heterocycles. The molecule has 0 aliphatic carbocycles. The minimum atomic E-state index is -0.615. The molecule has 1 heterocycles. The molecule has 0 saturated carbocycles. The molecule has 3 aromatic rings. The van der Waals surface area contributed by atoms with Gasteiger partial charge in [-0.05, 0) is 61.7 Å². The van der Waals surface area contributed by atoms with Gasteiger partial charge in [0.05, 0.1) is 5.56 Å². The van der Waals surface area contributed by atoms with Crippen LogP contribution in [0.4, 0.5) is 5.69 Å². The van der Waals surface area contributed by atoms with Crippen molar-refractivity contribution in [1.29, 1.82) is 0 Å². The van der Waals surface area contributed by atoms with Gasteiger partial charge in [-0.2, -0.15) is 0 Å². The molecule has 0 spiro atoms. The number of benzene rings is 3. The van der Waals surface area contributed by atoms with Crippen molar-refractivity contribution in [2.45, 2.75) is 45.3 Å². The highest BCUT2D eigenvalue weighted by atomic mass is 16.5. The lowest BCUT2D eigenvalue weighted by Gasteiger charge is -2.51. The van der Waals surface area contributed by atoms with Crippen LogP contribution in [0.25, 0.3) is 0 Å². The van der Waals surface area contributed by atoms with Crippen molar-refractivity contribution in [1.82, 2.24) is 4.90 Å². The Balaban J connectivity index is 1.53. The van der Waals surface area contributed by atoms with Gasteiger partial charge in [0.15, 0.2) is 0 Å². The Bertz CT molecular complexity index is 1070. The molecule has 1 aliphatic rings.